The molecule has 0 fully saturated rings. The first-order chi connectivity index (χ1) is 7.59. The van der Waals surface area contributed by atoms with Gasteiger partial charge in [0.2, 0.25) is 0 Å². The molecule has 0 unspecified atom stereocenters. The molecule has 16 heavy (non-hydrogen) atoms. The number of Topliss-reactive ketones (excluding diaryl/α,β-unsaturated/α-hetero) is 1. The number of benzene rings is 2. The molecule has 0 spiro atoms. The van der Waals surface area contributed by atoms with Gasteiger partial charge < -0.3 is 5.11 Å². The van der Waals surface area contributed by atoms with Crippen LogP contribution in [0.5, 0.6) is 0 Å². The maximum Gasteiger partial charge on any atom is 0.336 e. The molecule has 0 heterocycles. The Hall–Kier alpha value is -2.16. The van der Waals surface area contributed by atoms with Gasteiger partial charge in [-0.05, 0) is 29.8 Å². The van der Waals surface area contributed by atoms with E-state index in [0.29, 0.717) is 10.9 Å². The number of ketones is 1. The van der Waals surface area contributed by atoms with E-state index in [9.17, 15) is 9.59 Å². The Labute approximate surface area is 92.3 Å². The predicted molar refractivity (Wildman–Crippen MR) is 60.9 cm³/mol. The fraction of sp³-hybridized carbons (Fsp3) is 0.0769. The fourth-order valence-electron chi connectivity index (χ4n) is 1.69. The summed E-state index contributed by atoms with van der Waals surface area (Å²) in [4.78, 5) is 22.3. The first-order valence-corrected chi connectivity index (χ1v) is 4.86. The largest absolute Gasteiger partial charge is 0.478 e. The van der Waals surface area contributed by atoms with Crippen molar-refractivity contribution in [3.8, 4) is 0 Å². The number of fused-ring (bicyclic) bond motifs is 1. The minimum Gasteiger partial charge on any atom is -0.478 e. The van der Waals surface area contributed by atoms with Gasteiger partial charge in [-0.25, -0.2) is 4.79 Å². The van der Waals surface area contributed by atoms with Crippen LogP contribution in [0.15, 0.2) is 36.4 Å². The third kappa shape index (κ3) is 1.67. The van der Waals surface area contributed by atoms with E-state index in [2.05, 4.69) is 0 Å². The smallest absolute Gasteiger partial charge is 0.336 e. The molecule has 2 rings (SSSR count). The van der Waals surface area contributed by atoms with Crippen molar-refractivity contribution in [3.05, 3.63) is 47.5 Å². The highest BCUT2D eigenvalue weighted by molar-refractivity contribution is 6.08. The zero-order chi connectivity index (χ0) is 11.7. The topological polar surface area (TPSA) is 54.4 Å². The van der Waals surface area contributed by atoms with E-state index in [0.717, 1.165) is 5.39 Å². The maximum absolute atomic E-state index is 11.3. The Kier molecular flexibility index (Phi) is 2.44. The molecule has 3 nitrogen and oxygen atoms in total. The number of carboxylic acid groups (broad SMARTS) is 1. The fourth-order valence-corrected chi connectivity index (χ4v) is 1.69. The van der Waals surface area contributed by atoms with Crippen molar-refractivity contribution in [2.24, 2.45) is 0 Å². The molecule has 1 N–H and O–H groups in total. The molecule has 2 aromatic carbocycles. The second-order valence-electron chi connectivity index (χ2n) is 3.61. The number of hydrogen-bond acceptors (Lipinski definition) is 2. The zero-order valence-electron chi connectivity index (χ0n) is 8.73. The first kappa shape index (κ1) is 10.4. The summed E-state index contributed by atoms with van der Waals surface area (Å²) >= 11 is 0. The molecule has 0 radical (unpaired) electrons. The summed E-state index contributed by atoms with van der Waals surface area (Å²) in [6.07, 6.45) is 0. The van der Waals surface area contributed by atoms with E-state index < -0.39 is 5.97 Å². The summed E-state index contributed by atoms with van der Waals surface area (Å²) in [7, 11) is 0. The summed E-state index contributed by atoms with van der Waals surface area (Å²) < 4.78 is 0. The van der Waals surface area contributed by atoms with Crippen molar-refractivity contribution in [2.45, 2.75) is 6.92 Å². The van der Waals surface area contributed by atoms with Crippen LogP contribution in [-0.2, 0) is 0 Å². The number of aromatic carboxylic acids is 1. The molecule has 80 valence electrons. The summed E-state index contributed by atoms with van der Waals surface area (Å²) in [6, 6.07) is 10.3. The Morgan fingerprint density at radius 2 is 1.81 bits per heavy atom. The van der Waals surface area contributed by atoms with E-state index in [4.69, 9.17) is 5.11 Å². The number of carboxylic acids is 1. The van der Waals surface area contributed by atoms with E-state index in [1.54, 1.807) is 24.3 Å². The van der Waals surface area contributed by atoms with Gasteiger partial charge in [0.05, 0.1) is 5.56 Å². The molecule has 0 aromatic heterocycles. The van der Waals surface area contributed by atoms with Crippen LogP contribution >= 0.6 is 0 Å². The molecular weight excluding hydrogens is 204 g/mol. The lowest BCUT2D eigenvalue weighted by Crippen LogP contribution is -2.01. The van der Waals surface area contributed by atoms with Crippen LogP contribution in [0.25, 0.3) is 10.8 Å². The van der Waals surface area contributed by atoms with E-state index in [-0.39, 0.29) is 11.3 Å². The number of carbonyl (C=O) groups is 2. The van der Waals surface area contributed by atoms with Gasteiger partial charge in [0.1, 0.15) is 0 Å². The van der Waals surface area contributed by atoms with Crippen LogP contribution in [0.2, 0.25) is 0 Å². The highest BCUT2D eigenvalue weighted by atomic mass is 16.4. The third-order valence-electron chi connectivity index (χ3n) is 2.50. The lowest BCUT2D eigenvalue weighted by Gasteiger charge is -2.05. The Balaban J connectivity index is 2.84. The van der Waals surface area contributed by atoms with Gasteiger partial charge in [-0.2, -0.15) is 0 Å². The van der Waals surface area contributed by atoms with Crippen molar-refractivity contribution in [2.75, 3.05) is 0 Å². The average Bonchev–Trinajstić information content (AvgIpc) is 2.27. The minimum atomic E-state index is -1.01. The van der Waals surface area contributed by atoms with Crippen LogP contribution in [0, 0.1) is 0 Å². The van der Waals surface area contributed by atoms with Crippen molar-refractivity contribution >= 4 is 22.5 Å². The van der Waals surface area contributed by atoms with Gasteiger partial charge in [0.15, 0.2) is 5.78 Å². The van der Waals surface area contributed by atoms with Gasteiger partial charge in [-0.3, -0.25) is 4.79 Å². The molecular formula is C13H10O3. The second-order valence-corrected chi connectivity index (χ2v) is 3.61. The lowest BCUT2D eigenvalue weighted by molar-refractivity contribution is 0.0699. The van der Waals surface area contributed by atoms with Gasteiger partial charge in [0.25, 0.3) is 0 Å². The van der Waals surface area contributed by atoms with Gasteiger partial charge in [-0.1, -0.05) is 24.3 Å². The normalized spacial score (nSPS) is 10.3. The highest BCUT2D eigenvalue weighted by Crippen LogP contribution is 2.21. The molecule has 3 heteroatoms. The number of hydrogen-bond donors (Lipinski definition) is 1. The number of rotatable bonds is 2. The SMILES string of the molecule is CC(=O)c1cc(C(=O)O)c2ccccc2c1. The molecule has 0 aliphatic carbocycles. The summed E-state index contributed by atoms with van der Waals surface area (Å²) in [6.45, 7) is 1.43. The first-order valence-electron chi connectivity index (χ1n) is 4.86. The van der Waals surface area contributed by atoms with Crippen molar-refractivity contribution in [3.63, 3.8) is 0 Å². The van der Waals surface area contributed by atoms with Gasteiger partial charge in [-0.15, -0.1) is 0 Å². The van der Waals surface area contributed by atoms with Crippen molar-refractivity contribution < 1.29 is 14.7 Å². The quantitative estimate of drug-likeness (QED) is 0.782. The van der Waals surface area contributed by atoms with Crippen LogP contribution in [0.1, 0.15) is 27.6 Å². The summed E-state index contributed by atoms with van der Waals surface area (Å²) in [5, 5.41) is 10.5. The Morgan fingerprint density at radius 1 is 1.12 bits per heavy atom. The summed E-state index contributed by atoms with van der Waals surface area (Å²) in [5.74, 6) is -1.15. The van der Waals surface area contributed by atoms with Crippen LogP contribution < -0.4 is 0 Å². The molecule has 0 bridgehead atoms. The van der Waals surface area contributed by atoms with Gasteiger partial charge >= 0.3 is 5.97 Å². The van der Waals surface area contributed by atoms with E-state index >= 15 is 0 Å². The molecule has 0 saturated carbocycles. The molecule has 0 atom stereocenters. The van der Waals surface area contributed by atoms with E-state index in [1.165, 1.54) is 13.0 Å². The van der Waals surface area contributed by atoms with Crippen molar-refractivity contribution in [1.82, 2.24) is 0 Å². The molecule has 0 saturated heterocycles. The third-order valence-corrected chi connectivity index (χ3v) is 2.50. The number of carbonyl (C=O) groups excluding carboxylic acids is 1. The lowest BCUT2D eigenvalue weighted by atomic mass is 9.99. The van der Waals surface area contributed by atoms with Crippen LogP contribution in [-0.4, -0.2) is 16.9 Å². The van der Waals surface area contributed by atoms with Crippen LogP contribution in [0.4, 0.5) is 0 Å². The second kappa shape index (κ2) is 3.77. The molecule has 0 aliphatic heterocycles. The van der Waals surface area contributed by atoms with E-state index in [1.807, 2.05) is 6.07 Å². The molecule has 0 aliphatic rings. The van der Waals surface area contributed by atoms with Crippen molar-refractivity contribution in [1.29, 1.82) is 0 Å². The Morgan fingerprint density at radius 3 is 2.44 bits per heavy atom. The summed E-state index contributed by atoms with van der Waals surface area (Å²) in [5.41, 5.74) is 0.597. The molecule has 2 aromatic rings. The van der Waals surface area contributed by atoms with Gasteiger partial charge in [0, 0.05) is 5.56 Å². The minimum absolute atomic E-state index is 0.131. The average molecular weight is 214 g/mol. The highest BCUT2D eigenvalue weighted by Gasteiger charge is 2.11. The standard InChI is InChI=1S/C13H10O3/c1-8(14)10-6-9-4-2-3-5-11(9)12(7-10)13(15)16/h2-7H,1H3,(H,15,16). The predicted octanol–water partition coefficient (Wildman–Crippen LogP) is 2.74. The zero-order valence-corrected chi connectivity index (χ0v) is 8.73. The van der Waals surface area contributed by atoms with Crippen LogP contribution in [0.3, 0.4) is 0 Å². The molecule has 0 amide bonds. The maximum atomic E-state index is 11.3. The monoisotopic (exact) mass is 214 g/mol. The Bertz CT molecular complexity index is 585.